The van der Waals surface area contributed by atoms with Gasteiger partial charge < -0.3 is 10.1 Å². The van der Waals surface area contributed by atoms with Gasteiger partial charge in [-0.1, -0.05) is 0 Å². The highest BCUT2D eigenvalue weighted by molar-refractivity contribution is 7.86. The molecule has 6 nitrogen and oxygen atoms in total. The molecule has 18 heavy (non-hydrogen) atoms. The van der Waals surface area contributed by atoms with Crippen LogP contribution in [0.4, 0.5) is 4.79 Å². The van der Waals surface area contributed by atoms with Crippen LogP contribution >= 0.6 is 0 Å². The number of carbonyl (C=O) groups excluding carboxylic acids is 1. The predicted molar refractivity (Wildman–Crippen MR) is 66.7 cm³/mol. The van der Waals surface area contributed by atoms with E-state index in [2.05, 4.69) is 5.32 Å². The topological polar surface area (TPSA) is 81.7 Å². The summed E-state index contributed by atoms with van der Waals surface area (Å²) in [6, 6.07) is 0. The van der Waals surface area contributed by atoms with Gasteiger partial charge in [0.25, 0.3) is 10.1 Å². The van der Waals surface area contributed by atoms with E-state index in [0.29, 0.717) is 19.4 Å². The summed E-state index contributed by atoms with van der Waals surface area (Å²) in [4.78, 5) is 11.4. The summed E-state index contributed by atoms with van der Waals surface area (Å²) in [6.45, 7) is 5.88. The SMILES string of the molecule is CC(C)(C)OC(=O)NCC1CC(OS(C)(=O)=O)C1. The molecule has 0 aromatic heterocycles. The van der Waals surface area contributed by atoms with Crippen molar-refractivity contribution < 1.29 is 22.1 Å². The van der Waals surface area contributed by atoms with Crippen molar-refractivity contribution in [2.24, 2.45) is 5.92 Å². The number of hydrogen-bond acceptors (Lipinski definition) is 5. The normalized spacial score (nSPS) is 24.2. The second kappa shape index (κ2) is 5.44. The van der Waals surface area contributed by atoms with E-state index in [9.17, 15) is 13.2 Å². The van der Waals surface area contributed by atoms with E-state index in [0.717, 1.165) is 6.26 Å². The average Bonchev–Trinajstić information content (AvgIpc) is 2.03. The van der Waals surface area contributed by atoms with Crippen molar-refractivity contribution in [3.8, 4) is 0 Å². The molecule has 0 spiro atoms. The van der Waals surface area contributed by atoms with Crippen LogP contribution in [0.5, 0.6) is 0 Å². The van der Waals surface area contributed by atoms with Crippen LogP contribution in [0.15, 0.2) is 0 Å². The van der Waals surface area contributed by atoms with Gasteiger partial charge in [0.05, 0.1) is 12.4 Å². The monoisotopic (exact) mass is 279 g/mol. The second-order valence-corrected chi connectivity index (χ2v) is 7.24. The molecule has 0 bridgehead atoms. The zero-order valence-corrected chi connectivity index (χ0v) is 12.0. The van der Waals surface area contributed by atoms with Crippen molar-refractivity contribution >= 4 is 16.2 Å². The maximum atomic E-state index is 11.4. The van der Waals surface area contributed by atoms with Gasteiger partial charge in [-0.25, -0.2) is 4.79 Å². The fraction of sp³-hybridized carbons (Fsp3) is 0.909. The molecule has 1 saturated carbocycles. The number of ether oxygens (including phenoxy) is 1. The highest BCUT2D eigenvalue weighted by atomic mass is 32.2. The van der Waals surface area contributed by atoms with Crippen molar-refractivity contribution in [3.63, 3.8) is 0 Å². The summed E-state index contributed by atoms with van der Waals surface area (Å²) in [6.07, 6.45) is 1.63. The lowest BCUT2D eigenvalue weighted by Crippen LogP contribution is -2.42. The Bertz CT molecular complexity index is 392. The molecule has 7 heteroatoms. The molecule has 1 fully saturated rings. The third-order valence-corrected chi connectivity index (χ3v) is 3.06. The van der Waals surface area contributed by atoms with Gasteiger partial charge in [0.15, 0.2) is 0 Å². The van der Waals surface area contributed by atoms with Crippen molar-refractivity contribution in [2.75, 3.05) is 12.8 Å². The molecule has 1 aliphatic carbocycles. The van der Waals surface area contributed by atoms with Crippen LogP contribution in [0.1, 0.15) is 33.6 Å². The Morgan fingerprint density at radius 3 is 2.33 bits per heavy atom. The number of alkyl carbamates (subject to hydrolysis) is 1. The summed E-state index contributed by atoms with van der Waals surface area (Å²) in [7, 11) is -3.37. The largest absolute Gasteiger partial charge is 0.444 e. The lowest BCUT2D eigenvalue weighted by atomic mass is 9.82. The Morgan fingerprint density at radius 2 is 1.89 bits per heavy atom. The summed E-state index contributed by atoms with van der Waals surface area (Å²) < 4.78 is 31.6. The average molecular weight is 279 g/mol. The molecule has 0 aliphatic heterocycles. The number of hydrogen-bond donors (Lipinski definition) is 1. The fourth-order valence-electron chi connectivity index (χ4n) is 1.71. The Balaban J connectivity index is 2.16. The first-order valence-electron chi connectivity index (χ1n) is 5.90. The van der Waals surface area contributed by atoms with Crippen molar-refractivity contribution in [1.29, 1.82) is 0 Å². The van der Waals surface area contributed by atoms with Crippen LogP contribution in [0, 0.1) is 5.92 Å². The second-order valence-electron chi connectivity index (χ2n) is 5.64. The van der Waals surface area contributed by atoms with Crippen LogP contribution in [0.25, 0.3) is 0 Å². The van der Waals surface area contributed by atoms with Gasteiger partial charge in [-0.2, -0.15) is 8.42 Å². The Labute approximate surface area is 108 Å². The summed E-state index contributed by atoms with van der Waals surface area (Å²) in [5.74, 6) is 0.254. The van der Waals surface area contributed by atoms with E-state index in [1.54, 1.807) is 20.8 Å². The number of carbonyl (C=O) groups is 1. The Hall–Kier alpha value is -0.820. The molecule has 1 rings (SSSR count). The van der Waals surface area contributed by atoms with Gasteiger partial charge >= 0.3 is 6.09 Å². The maximum Gasteiger partial charge on any atom is 0.407 e. The van der Waals surface area contributed by atoms with E-state index < -0.39 is 21.8 Å². The van der Waals surface area contributed by atoms with Gasteiger partial charge in [-0.15, -0.1) is 0 Å². The van der Waals surface area contributed by atoms with Crippen molar-refractivity contribution in [2.45, 2.75) is 45.3 Å². The summed E-state index contributed by atoms with van der Waals surface area (Å²) in [5.41, 5.74) is -0.508. The first-order valence-corrected chi connectivity index (χ1v) is 7.72. The number of nitrogens with one attached hydrogen (secondary N) is 1. The minimum Gasteiger partial charge on any atom is -0.444 e. The maximum absolute atomic E-state index is 11.4. The van der Waals surface area contributed by atoms with E-state index in [1.807, 2.05) is 0 Å². The van der Waals surface area contributed by atoms with Crippen LogP contribution in [-0.2, 0) is 19.0 Å². The molecule has 0 aromatic rings. The number of rotatable bonds is 4. The van der Waals surface area contributed by atoms with Crippen molar-refractivity contribution in [1.82, 2.24) is 5.32 Å². The van der Waals surface area contributed by atoms with Crippen LogP contribution in [0.2, 0.25) is 0 Å². The van der Waals surface area contributed by atoms with E-state index in [-0.39, 0.29) is 12.0 Å². The van der Waals surface area contributed by atoms with Gasteiger partial charge in [-0.3, -0.25) is 4.18 Å². The zero-order chi connectivity index (χ0) is 14.0. The molecule has 0 atom stereocenters. The molecular formula is C11H21NO5S. The first kappa shape index (κ1) is 15.2. The molecule has 0 radical (unpaired) electrons. The Morgan fingerprint density at radius 1 is 1.33 bits per heavy atom. The van der Waals surface area contributed by atoms with Crippen LogP contribution < -0.4 is 5.32 Å². The van der Waals surface area contributed by atoms with E-state index in [4.69, 9.17) is 8.92 Å². The van der Waals surface area contributed by atoms with E-state index >= 15 is 0 Å². The van der Waals surface area contributed by atoms with Gasteiger partial charge in [0, 0.05) is 6.54 Å². The molecule has 1 aliphatic rings. The zero-order valence-electron chi connectivity index (χ0n) is 11.2. The smallest absolute Gasteiger partial charge is 0.407 e. The molecule has 0 aromatic carbocycles. The summed E-state index contributed by atoms with van der Waals surface area (Å²) >= 11 is 0. The van der Waals surface area contributed by atoms with Gasteiger partial charge in [0.2, 0.25) is 0 Å². The Kier molecular flexibility index (Phi) is 4.61. The fourth-order valence-corrected chi connectivity index (χ4v) is 2.36. The summed E-state index contributed by atoms with van der Waals surface area (Å²) in [5, 5.41) is 2.66. The highest BCUT2D eigenvalue weighted by Gasteiger charge is 2.32. The van der Waals surface area contributed by atoms with Gasteiger partial charge in [0.1, 0.15) is 5.60 Å². The highest BCUT2D eigenvalue weighted by Crippen LogP contribution is 2.30. The molecule has 0 heterocycles. The van der Waals surface area contributed by atoms with E-state index in [1.165, 1.54) is 0 Å². The molecule has 0 saturated heterocycles. The van der Waals surface area contributed by atoms with Crippen molar-refractivity contribution in [3.05, 3.63) is 0 Å². The standard InChI is InChI=1S/C11H21NO5S/c1-11(2,3)16-10(13)12-7-8-5-9(6-8)17-18(4,14)15/h8-9H,5-7H2,1-4H3,(H,12,13). The van der Waals surface area contributed by atoms with Crippen LogP contribution in [0.3, 0.4) is 0 Å². The first-order chi connectivity index (χ1) is 8.05. The molecular weight excluding hydrogens is 258 g/mol. The molecule has 0 unspecified atom stereocenters. The third kappa shape index (κ3) is 6.20. The number of amides is 1. The third-order valence-electron chi connectivity index (χ3n) is 2.44. The predicted octanol–water partition coefficient (Wildman–Crippen LogP) is 1.27. The lowest BCUT2D eigenvalue weighted by Gasteiger charge is -2.34. The van der Waals surface area contributed by atoms with Gasteiger partial charge in [-0.05, 0) is 39.5 Å². The quantitative estimate of drug-likeness (QED) is 0.784. The molecule has 106 valence electrons. The molecule has 1 N–H and O–H groups in total. The lowest BCUT2D eigenvalue weighted by molar-refractivity contribution is 0.0429. The van der Waals surface area contributed by atoms with Crippen LogP contribution in [-0.4, -0.2) is 39.0 Å². The minimum absolute atomic E-state index is 0.245. The minimum atomic E-state index is -3.37. The molecule has 1 amide bonds.